The molecule has 1 aromatic carbocycles. The molecule has 19 heavy (non-hydrogen) atoms. The van der Waals surface area contributed by atoms with Crippen molar-refractivity contribution >= 4 is 5.91 Å². The number of hydrogen-bond acceptors (Lipinski definition) is 2. The Morgan fingerprint density at radius 1 is 1.37 bits per heavy atom. The molecule has 3 heteroatoms. The van der Waals surface area contributed by atoms with E-state index in [9.17, 15) is 4.79 Å². The zero-order chi connectivity index (χ0) is 13.5. The van der Waals surface area contributed by atoms with Crippen molar-refractivity contribution in [3.8, 4) is 0 Å². The van der Waals surface area contributed by atoms with Gasteiger partial charge in [-0.2, -0.15) is 0 Å². The van der Waals surface area contributed by atoms with E-state index in [1.165, 1.54) is 18.4 Å². The fourth-order valence-corrected chi connectivity index (χ4v) is 3.21. The summed E-state index contributed by atoms with van der Waals surface area (Å²) in [5, 5.41) is 3.50. The third kappa shape index (κ3) is 2.16. The summed E-state index contributed by atoms with van der Waals surface area (Å²) in [6.07, 6.45) is 4.38. The van der Waals surface area contributed by atoms with Gasteiger partial charge in [0.1, 0.15) is 5.54 Å². The third-order valence-electron chi connectivity index (χ3n) is 4.71. The van der Waals surface area contributed by atoms with E-state index in [0.717, 1.165) is 30.9 Å². The number of nitrogens with two attached hydrogens (primary N) is 1. The SMILES string of the molecule is CC1CCC(NCC2CC2)(C(N)=O)c2ccccc21. The molecule has 2 aliphatic carbocycles. The minimum absolute atomic E-state index is 0.229. The smallest absolute Gasteiger partial charge is 0.242 e. The van der Waals surface area contributed by atoms with Gasteiger partial charge < -0.3 is 5.73 Å². The Morgan fingerprint density at radius 2 is 2.11 bits per heavy atom. The number of hydrogen-bond donors (Lipinski definition) is 2. The second-order valence-corrected chi connectivity index (χ2v) is 6.12. The van der Waals surface area contributed by atoms with Crippen LogP contribution in [0.5, 0.6) is 0 Å². The molecule has 102 valence electrons. The summed E-state index contributed by atoms with van der Waals surface area (Å²) in [5.74, 6) is 1.02. The number of nitrogens with one attached hydrogen (secondary N) is 1. The second kappa shape index (κ2) is 4.64. The van der Waals surface area contributed by atoms with Gasteiger partial charge in [-0.05, 0) is 55.2 Å². The second-order valence-electron chi connectivity index (χ2n) is 6.12. The highest BCUT2D eigenvalue weighted by molar-refractivity contribution is 5.87. The highest BCUT2D eigenvalue weighted by Gasteiger charge is 2.44. The van der Waals surface area contributed by atoms with Gasteiger partial charge >= 0.3 is 0 Å². The van der Waals surface area contributed by atoms with Crippen molar-refractivity contribution in [2.24, 2.45) is 11.7 Å². The molecule has 2 aliphatic rings. The van der Waals surface area contributed by atoms with Crippen LogP contribution >= 0.6 is 0 Å². The van der Waals surface area contributed by atoms with Gasteiger partial charge in [-0.25, -0.2) is 0 Å². The number of benzene rings is 1. The first-order valence-electron chi connectivity index (χ1n) is 7.28. The van der Waals surface area contributed by atoms with Crippen molar-refractivity contribution in [3.05, 3.63) is 35.4 Å². The van der Waals surface area contributed by atoms with Crippen LogP contribution in [-0.4, -0.2) is 12.5 Å². The van der Waals surface area contributed by atoms with Crippen LogP contribution < -0.4 is 11.1 Å². The lowest BCUT2D eigenvalue weighted by Gasteiger charge is -2.39. The van der Waals surface area contributed by atoms with Crippen LogP contribution in [0.1, 0.15) is 49.7 Å². The van der Waals surface area contributed by atoms with E-state index in [-0.39, 0.29) is 5.91 Å². The number of rotatable bonds is 4. The minimum atomic E-state index is -0.647. The molecule has 1 amide bonds. The van der Waals surface area contributed by atoms with Crippen LogP contribution in [-0.2, 0) is 10.3 Å². The molecule has 2 atom stereocenters. The summed E-state index contributed by atoms with van der Waals surface area (Å²) >= 11 is 0. The largest absolute Gasteiger partial charge is 0.368 e. The average molecular weight is 258 g/mol. The van der Waals surface area contributed by atoms with Crippen molar-refractivity contribution in [3.63, 3.8) is 0 Å². The molecule has 0 bridgehead atoms. The Balaban J connectivity index is 1.99. The van der Waals surface area contributed by atoms with Crippen molar-refractivity contribution in [2.75, 3.05) is 6.54 Å². The lowest BCUT2D eigenvalue weighted by atomic mass is 9.72. The van der Waals surface area contributed by atoms with E-state index < -0.39 is 5.54 Å². The van der Waals surface area contributed by atoms with E-state index in [1.807, 2.05) is 12.1 Å². The molecule has 2 unspecified atom stereocenters. The predicted octanol–water partition coefficient (Wildman–Crippen LogP) is 2.26. The molecule has 3 nitrogen and oxygen atoms in total. The highest BCUT2D eigenvalue weighted by atomic mass is 16.1. The standard InChI is InChI=1S/C16H22N2O/c1-11-8-9-16(15(17)19,18-10-12-6-7-12)14-5-3-2-4-13(11)14/h2-5,11-12,18H,6-10H2,1H3,(H2,17,19). The van der Waals surface area contributed by atoms with Crippen LogP contribution in [0, 0.1) is 5.92 Å². The first kappa shape index (κ1) is 12.7. The van der Waals surface area contributed by atoms with Gasteiger partial charge in [-0.15, -0.1) is 0 Å². The Hall–Kier alpha value is -1.35. The van der Waals surface area contributed by atoms with Crippen molar-refractivity contribution in [1.82, 2.24) is 5.32 Å². The Kier molecular flexibility index (Phi) is 3.09. The molecule has 1 saturated carbocycles. The van der Waals surface area contributed by atoms with E-state index >= 15 is 0 Å². The van der Waals surface area contributed by atoms with Crippen molar-refractivity contribution in [2.45, 2.75) is 44.1 Å². The maximum atomic E-state index is 12.1. The summed E-state index contributed by atoms with van der Waals surface area (Å²) in [7, 11) is 0. The van der Waals surface area contributed by atoms with Gasteiger partial charge in [0.25, 0.3) is 0 Å². The summed E-state index contributed by atoms with van der Waals surface area (Å²) in [4.78, 5) is 12.1. The van der Waals surface area contributed by atoms with Gasteiger partial charge in [0.05, 0.1) is 0 Å². The molecular formula is C16H22N2O. The molecule has 1 aromatic rings. The van der Waals surface area contributed by atoms with Crippen molar-refractivity contribution < 1.29 is 4.79 Å². The summed E-state index contributed by atoms with van der Waals surface area (Å²) in [5.41, 5.74) is 7.49. The van der Waals surface area contributed by atoms with Crippen LogP contribution in [0.2, 0.25) is 0 Å². The first-order valence-corrected chi connectivity index (χ1v) is 7.28. The van der Waals surface area contributed by atoms with Crippen LogP contribution in [0.3, 0.4) is 0 Å². The quantitative estimate of drug-likeness (QED) is 0.870. The van der Waals surface area contributed by atoms with Crippen molar-refractivity contribution in [1.29, 1.82) is 0 Å². The maximum Gasteiger partial charge on any atom is 0.242 e. The fourth-order valence-electron chi connectivity index (χ4n) is 3.21. The topological polar surface area (TPSA) is 55.1 Å². The zero-order valence-electron chi connectivity index (χ0n) is 11.5. The Labute approximate surface area is 114 Å². The summed E-state index contributed by atoms with van der Waals surface area (Å²) < 4.78 is 0. The number of carbonyl (C=O) groups excluding carboxylic acids is 1. The molecule has 3 N–H and O–H groups in total. The lowest BCUT2D eigenvalue weighted by molar-refractivity contribution is -0.125. The molecule has 0 radical (unpaired) electrons. The van der Waals surface area contributed by atoms with Gasteiger partial charge in [-0.3, -0.25) is 10.1 Å². The molecule has 0 aromatic heterocycles. The Bertz CT molecular complexity index is 495. The molecule has 0 spiro atoms. The highest BCUT2D eigenvalue weighted by Crippen LogP contribution is 2.41. The van der Waals surface area contributed by atoms with E-state index in [0.29, 0.717) is 5.92 Å². The van der Waals surface area contributed by atoms with Gasteiger partial charge in [0.2, 0.25) is 5.91 Å². The monoisotopic (exact) mass is 258 g/mol. The van der Waals surface area contributed by atoms with Crippen LogP contribution in [0.15, 0.2) is 24.3 Å². The predicted molar refractivity (Wildman–Crippen MR) is 75.7 cm³/mol. The molecular weight excluding hydrogens is 236 g/mol. The Morgan fingerprint density at radius 3 is 2.79 bits per heavy atom. The summed E-state index contributed by atoms with van der Waals surface area (Å²) in [6.45, 7) is 3.14. The zero-order valence-corrected chi connectivity index (χ0v) is 11.5. The van der Waals surface area contributed by atoms with Gasteiger partial charge in [0, 0.05) is 0 Å². The number of carbonyl (C=O) groups is 1. The first-order chi connectivity index (χ1) is 9.13. The van der Waals surface area contributed by atoms with E-state index in [1.54, 1.807) is 0 Å². The van der Waals surface area contributed by atoms with Gasteiger partial charge in [-0.1, -0.05) is 31.2 Å². The lowest BCUT2D eigenvalue weighted by Crippen LogP contribution is -2.55. The van der Waals surface area contributed by atoms with Gasteiger partial charge in [0.15, 0.2) is 0 Å². The van der Waals surface area contributed by atoms with Crippen LogP contribution in [0.25, 0.3) is 0 Å². The molecule has 0 aliphatic heterocycles. The number of fused-ring (bicyclic) bond motifs is 1. The molecule has 0 saturated heterocycles. The molecule has 3 rings (SSSR count). The average Bonchev–Trinajstić information content (AvgIpc) is 3.23. The van der Waals surface area contributed by atoms with E-state index in [2.05, 4.69) is 24.4 Å². The van der Waals surface area contributed by atoms with E-state index in [4.69, 9.17) is 5.73 Å². The number of amides is 1. The molecule has 0 heterocycles. The minimum Gasteiger partial charge on any atom is -0.368 e. The van der Waals surface area contributed by atoms with Crippen LogP contribution in [0.4, 0.5) is 0 Å². The normalized spacial score (nSPS) is 29.8. The summed E-state index contributed by atoms with van der Waals surface area (Å²) in [6, 6.07) is 8.26. The third-order valence-corrected chi connectivity index (χ3v) is 4.71. The fraction of sp³-hybridized carbons (Fsp3) is 0.562. The number of primary amides is 1. The maximum absolute atomic E-state index is 12.1. The molecule has 1 fully saturated rings.